The van der Waals surface area contributed by atoms with Crippen LogP contribution in [0.25, 0.3) is 0 Å². The molecule has 12 heavy (non-hydrogen) atoms. The van der Waals surface area contributed by atoms with Crippen LogP contribution in [0.15, 0.2) is 16.1 Å². The van der Waals surface area contributed by atoms with Crippen LogP contribution in [-0.2, 0) is 0 Å². The van der Waals surface area contributed by atoms with Gasteiger partial charge in [-0.3, -0.25) is 4.99 Å². The zero-order valence-corrected chi connectivity index (χ0v) is 8.89. The minimum atomic E-state index is 0.983. The molecule has 0 aliphatic rings. The quantitative estimate of drug-likeness (QED) is 0.586. The zero-order valence-electron chi connectivity index (χ0n) is 8.89. The normalized spacial score (nSPS) is 14.2. The third-order valence-electron chi connectivity index (χ3n) is 1.85. The Hall–Kier alpha value is -0.630. The lowest BCUT2D eigenvalue weighted by Gasteiger charge is -2.12. The number of allylic oxidation sites excluding steroid dienone is 1. The molecule has 0 atom stereocenters. The van der Waals surface area contributed by atoms with E-state index in [1.54, 1.807) is 0 Å². The fourth-order valence-corrected chi connectivity index (χ4v) is 1.01. The zero-order chi connectivity index (χ0) is 9.56. The van der Waals surface area contributed by atoms with Crippen molar-refractivity contribution in [3.8, 4) is 0 Å². The van der Waals surface area contributed by atoms with Gasteiger partial charge >= 0.3 is 0 Å². The van der Waals surface area contributed by atoms with Crippen LogP contribution in [0, 0.1) is 0 Å². The van der Waals surface area contributed by atoms with E-state index in [0.29, 0.717) is 0 Å². The van der Waals surface area contributed by atoms with Gasteiger partial charge in [-0.15, -0.1) is 0 Å². The number of aliphatic imine (C=N–C) groups is 1. The second-order valence-corrected chi connectivity index (χ2v) is 3.28. The predicted octanol–water partition coefficient (Wildman–Crippen LogP) is 1.98. The largest absolute Gasteiger partial charge is 0.305 e. The molecule has 0 bridgehead atoms. The van der Waals surface area contributed by atoms with Crippen molar-refractivity contribution in [2.45, 2.75) is 20.3 Å². The van der Waals surface area contributed by atoms with Crippen molar-refractivity contribution in [2.75, 3.05) is 27.7 Å². The van der Waals surface area contributed by atoms with E-state index < -0.39 is 0 Å². The molecule has 0 saturated heterocycles. The Morgan fingerprint density at radius 1 is 1.42 bits per heavy atom. The highest BCUT2D eigenvalue weighted by Crippen LogP contribution is 2.06. The van der Waals surface area contributed by atoms with Gasteiger partial charge in [0.15, 0.2) is 0 Å². The second-order valence-electron chi connectivity index (χ2n) is 3.28. The summed E-state index contributed by atoms with van der Waals surface area (Å²) in [4.78, 5) is 6.21. The van der Waals surface area contributed by atoms with Crippen molar-refractivity contribution in [1.29, 1.82) is 0 Å². The molecule has 0 aromatic carbocycles. The Morgan fingerprint density at radius 3 is 2.33 bits per heavy atom. The fraction of sp³-hybridized carbons (Fsp3) is 0.700. The molecule has 0 saturated carbocycles. The summed E-state index contributed by atoms with van der Waals surface area (Å²) in [6.07, 6.45) is 3.06. The molecular formula is C10H20N2. The van der Waals surface area contributed by atoms with E-state index in [4.69, 9.17) is 0 Å². The molecule has 0 aromatic heterocycles. The van der Waals surface area contributed by atoms with Gasteiger partial charge in [0.05, 0.1) is 0 Å². The highest BCUT2D eigenvalue weighted by Gasteiger charge is 1.99. The fourth-order valence-electron chi connectivity index (χ4n) is 1.01. The van der Waals surface area contributed by atoms with Crippen molar-refractivity contribution in [2.24, 2.45) is 4.99 Å². The lowest BCUT2D eigenvalue weighted by Crippen LogP contribution is -2.16. The molecular weight excluding hydrogens is 148 g/mol. The van der Waals surface area contributed by atoms with Crippen LogP contribution >= 0.6 is 0 Å². The number of nitrogens with zero attached hydrogens (tertiary/aromatic N) is 2. The topological polar surface area (TPSA) is 15.6 Å². The Bertz CT molecular complexity index is 178. The minimum Gasteiger partial charge on any atom is -0.305 e. The molecule has 0 rings (SSSR count). The molecule has 70 valence electrons. The summed E-state index contributed by atoms with van der Waals surface area (Å²) in [5.41, 5.74) is 2.76. The van der Waals surface area contributed by atoms with Crippen LogP contribution in [0.1, 0.15) is 20.3 Å². The predicted molar refractivity (Wildman–Crippen MR) is 56.0 cm³/mol. The molecule has 2 nitrogen and oxygen atoms in total. The molecule has 0 spiro atoms. The summed E-state index contributed by atoms with van der Waals surface area (Å²) in [7, 11) is 5.97. The Kier molecular flexibility index (Phi) is 5.64. The van der Waals surface area contributed by atoms with Gasteiger partial charge in [-0.1, -0.05) is 12.5 Å². The van der Waals surface area contributed by atoms with Crippen LogP contribution < -0.4 is 0 Å². The van der Waals surface area contributed by atoms with E-state index >= 15 is 0 Å². The van der Waals surface area contributed by atoms with Crippen LogP contribution in [0.5, 0.6) is 0 Å². The van der Waals surface area contributed by atoms with E-state index in [-0.39, 0.29) is 0 Å². The maximum atomic E-state index is 4.05. The first-order valence-electron chi connectivity index (χ1n) is 4.37. The van der Waals surface area contributed by atoms with Crippen molar-refractivity contribution >= 4 is 6.21 Å². The van der Waals surface area contributed by atoms with Gasteiger partial charge in [0.2, 0.25) is 0 Å². The van der Waals surface area contributed by atoms with Gasteiger partial charge in [0.25, 0.3) is 0 Å². The summed E-state index contributed by atoms with van der Waals surface area (Å²) < 4.78 is 0. The number of hydrogen-bond donors (Lipinski definition) is 0. The van der Waals surface area contributed by atoms with Crippen molar-refractivity contribution in [1.82, 2.24) is 4.90 Å². The maximum Gasteiger partial charge on any atom is 0.0277 e. The van der Waals surface area contributed by atoms with Crippen LogP contribution in [-0.4, -0.2) is 38.8 Å². The third-order valence-corrected chi connectivity index (χ3v) is 1.85. The first kappa shape index (κ1) is 11.4. The number of likely N-dealkylation sites (N-methyl/N-ethyl adjacent to an activating group) is 1. The SMILES string of the molecule is CC/C(C)=C(\C=NC)CN(C)C. The Balaban J connectivity index is 4.43. The van der Waals surface area contributed by atoms with Gasteiger partial charge in [-0.2, -0.15) is 0 Å². The lowest BCUT2D eigenvalue weighted by molar-refractivity contribution is 0.450. The average molecular weight is 168 g/mol. The molecule has 0 fully saturated rings. The van der Waals surface area contributed by atoms with Gasteiger partial charge in [-0.25, -0.2) is 0 Å². The first-order valence-corrected chi connectivity index (χ1v) is 4.37. The molecule has 0 heterocycles. The van der Waals surface area contributed by atoms with E-state index in [1.165, 1.54) is 11.1 Å². The average Bonchev–Trinajstić information content (AvgIpc) is 2.01. The molecule has 0 N–H and O–H groups in total. The maximum absolute atomic E-state index is 4.05. The van der Waals surface area contributed by atoms with Gasteiger partial charge in [-0.05, 0) is 33.0 Å². The van der Waals surface area contributed by atoms with Gasteiger partial charge < -0.3 is 4.90 Å². The molecule has 2 heteroatoms. The summed E-state index contributed by atoms with van der Waals surface area (Å²) >= 11 is 0. The standard InChI is InChI=1S/C10H20N2/c1-6-9(2)10(7-11-3)8-12(4)5/h7H,6,8H2,1-5H3/b10-9+,11-7?. The highest BCUT2D eigenvalue weighted by atomic mass is 15.0. The second kappa shape index (κ2) is 5.95. The molecule has 0 aromatic rings. The number of hydrogen-bond acceptors (Lipinski definition) is 2. The first-order chi connectivity index (χ1) is 5.61. The van der Waals surface area contributed by atoms with E-state index in [9.17, 15) is 0 Å². The Morgan fingerprint density at radius 2 is 2.00 bits per heavy atom. The van der Waals surface area contributed by atoms with E-state index in [1.807, 2.05) is 13.3 Å². The number of rotatable bonds is 4. The molecule has 0 aliphatic heterocycles. The molecule has 0 unspecified atom stereocenters. The molecule has 0 radical (unpaired) electrons. The highest BCUT2D eigenvalue weighted by molar-refractivity contribution is 5.80. The van der Waals surface area contributed by atoms with E-state index in [2.05, 4.69) is 37.8 Å². The van der Waals surface area contributed by atoms with Crippen molar-refractivity contribution in [3.05, 3.63) is 11.1 Å². The van der Waals surface area contributed by atoms with E-state index in [0.717, 1.165) is 13.0 Å². The lowest BCUT2D eigenvalue weighted by atomic mass is 10.1. The monoisotopic (exact) mass is 168 g/mol. The molecule has 0 amide bonds. The summed E-state index contributed by atoms with van der Waals surface area (Å²) in [5.74, 6) is 0. The van der Waals surface area contributed by atoms with Gasteiger partial charge in [0, 0.05) is 19.8 Å². The smallest absolute Gasteiger partial charge is 0.0277 e. The Labute approximate surface area is 76.0 Å². The summed E-state index contributed by atoms with van der Waals surface area (Å²) in [6.45, 7) is 5.33. The van der Waals surface area contributed by atoms with Crippen LogP contribution in [0.2, 0.25) is 0 Å². The van der Waals surface area contributed by atoms with Crippen molar-refractivity contribution in [3.63, 3.8) is 0 Å². The van der Waals surface area contributed by atoms with Gasteiger partial charge in [0.1, 0.15) is 0 Å². The molecule has 0 aliphatic carbocycles. The van der Waals surface area contributed by atoms with Crippen molar-refractivity contribution < 1.29 is 0 Å². The summed E-state index contributed by atoms with van der Waals surface area (Å²) in [6, 6.07) is 0. The van der Waals surface area contributed by atoms with Crippen LogP contribution in [0.3, 0.4) is 0 Å². The third kappa shape index (κ3) is 4.29. The summed E-state index contributed by atoms with van der Waals surface area (Å²) in [5, 5.41) is 0. The minimum absolute atomic E-state index is 0.983. The van der Waals surface area contributed by atoms with Crippen LogP contribution in [0.4, 0.5) is 0 Å².